The number of carboxylic acid groups (broad SMARTS) is 1. The summed E-state index contributed by atoms with van der Waals surface area (Å²) in [6, 6.07) is 5.18. The van der Waals surface area contributed by atoms with Gasteiger partial charge in [0.05, 0.1) is 6.61 Å². The third-order valence-electron chi connectivity index (χ3n) is 2.74. The van der Waals surface area contributed by atoms with E-state index in [4.69, 9.17) is 9.84 Å². The number of rotatable bonds is 6. The van der Waals surface area contributed by atoms with Crippen LogP contribution in [0.15, 0.2) is 18.2 Å². The van der Waals surface area contributed by atoms with E-state index in [-0.39, 0.29) is 5.56 Å². The molecule has 1 atom stereocenters. The molecule has 1 rings (SSSR count). The SMILES string of the molecule is CCCC(C)COc1c(C)cccc1C(=O)O. The van der Waals surface area contributed by atoms with Crippen molar-refractivity contribution in [2.45, 2.75) is 33.6 Å². The van der Waals surface area contributed by atoms with Gasteiger partial charge in [-0.1, -0.05) is 32.4 Å². The lowest BCUT2D eigenvalue weighted by Crippen LogP contribution is -2.11. The summed E-state index contributed by atoms with van der Waals surface area (Å²) in [7, 11) is 0. The third-order valence-corrected chi connectivity index (χ3v) is 2.74. The average Bonchev–Trinajstić information content (AvgIpc) is 2.27. The number of aryl methyl sites for hydroxylation is 1. The summed E-state index contributed by atoms with van der Waals surface area (Å²) in [5.41, 5.74) is 1.11. The van der Waals surface area contributed by atoms with Crippen molar-refractivity contribution in [3.05, 3.63) is 29.3 Å². The van der Waals surface area contributed by atoms with E-state index < -0.39 is 5.97 Å². The predicted octanol–water partition coefficient (Wildman–Crippen LogP) is 3.51. The summed E-state index contributed by atoms with van der Waals surface area (Å²) in [5, 5.41) is 9.08. The van der Waals surface area contributed by atoms with Crippen molar-refractivity contribution in [3.63, 3.8) is 0 Å². The van der Waals surface area contributed by atoms with Crippen LogP contribution in [-0.4, -0.2) is 17.7 Å². The van der Waals surface area contributed by atoms with Gasteiger partial charge in [0, 0.05) is 0 Å². The van der Waals surface area contributed by atoms with E-state index in [1.807, 2.05) is 13.0 Å². The number of para-hydroxylation sites is 1. The zero-order valence-corrected chi connectivity index (χ0v) is 10.7. The molecule has 1 aromatic carbocycles. The zero-order chi connectivity index (χ0) is 12.8. The van der Waals surface area contributed by atoms with E-state index >= 15 is 0 Å². The molecule has 0 spiro atoms. The molecule has 1 N–H and O–H groups in total. The van der Waals surface area contributed by atoms with Crippen molar-refractivity contribution in [2.24, 2.45) is 5.92 Å². The molecule has 0 aromatic heterocycles. The van der Waals surface area contributed by atoms with E-state index in [9.17, 15) is 4.79 Å². The molecular formula is C14H20O3. The summed E-state index contributed by atoms with van der Waals surface area (Å²) < 4.78 is 5.66. The topological polar surface area (TPSA) is 46.5 Å². The minimum Gasteiger partial charge on any atom is -0.492 e. The van der Waals surface area contributed by atoms with Crippen LogP contribution in [0.1, 0.15) is 42.6 Å². The lowest BCUT2D eigenvalue weighted by Gasteiger charge is -2.15. The molecule has 0 aliphatic carbocycles. The van der Waals surface area contributed by atoms with E-state index in [2.05, 4.69) is 13.8 Å². The van der Waals surface area contributed by atoms with E-state index in [1.54, 1.807) is 12.1 Å². The number of hydrogen-bond donors (Lipinski definition) is 1. The van der Waals surface area contributed by atoms with E-state index in [0.717, 1.165) is 18.4 Å². The molecule has 0 aliphatic heterocycles. The first-order chi connectivity index (χ1) is 8.06. The largest absolute Gasteiger partial charge is 0.492 e. The Balaban J connectivity index is 2.79. The summed E-state index contributed by atoms with van der Waals surface area (Å²) in [4.78, 5) is 11.1. The molecule has 1 aromatic rings. The number of carboxylic acids is 1. The molecule has 1 unspecified atom stereocenters. The van der Waals surface area contributed by atoms with Gasteiger partial charge in [-0.25, -0.2) is 4.79 Å². The normalized spacial score (nSPS) is 12.2. The predicted molar refractivity (Wildman–Crippen MR) is 67.7 cm³/mol. The molecule has 0 heterocycles. The van der Waals surface area contributed by atoms with Crippen molar-refractivity contribution >= 4 is 5.97 Å². The maximum atomic E-state index is 11.1. The molecule has 3 nitrogen and oxygen atoms in total. The Labute approximate surface area is 102 Å². The lowest BCUT2D eigenvalue weighted by molar-refractivity contribution is 0.0691. The van der Waals surface area contributed by atoms with Gasteiger partial charge in [0.15, 0.2) is 0 Å². The smallest absolute Gasteiger partial charge is 0.339 e. The summed E-state index contributed by atoms with van der Waals surface area (Å²) >= 11 is 0. The molecule has 94 valence electrons. The Morgan fingerprint density at radius 1 is 1.47 bits per heavy atom. The summed E-state index contributed by atoms with van der Waals surface area (Å²) in [6.07, 6.45) is 2.21. The van der Waals surface area contributed by atoms with E-state index in [1.165, 1.54) is 0 Å². The number of benzene rings is 1. The number of hydrogen-bond acceptors (Lipinski definition) is 2. The quantitative estimate of drug-likeness (QED) is 0.822. The van der Waals surface area contributed by atoms with Crippen LogP contribution in [0.25, 0.3) is 0 Å². The van der Waals surface area contributed by atoms with Crippen molar-refractivity contribution in [3.8, 4) is 5.75 Å². The van der Waals surface area contributed by atoms with Gasteiger partial charge in [-0.3, -0.25) is 0 Å². The highest BCUT2D eigenvalue weighted by molar-refractivity contribution is 5.91. The number of ether oxygens (including phenoxy) is 1. The maximum absolute atomic E-state index is 11.1. The van der Waals surface area contributed by atoms with Gasteiger partial charge in [-0.15, -0.1) is 0 Å². The molecule has 0 saturated carbocycles. The van der Waals surface area contributed by atoms with E-state index in [0.29, 0.717) is 18.3 Å². The van der Waals surface area contributed by atoms with Crippen molar-refractivity contribution in [1.29, 1.82) is 0 Å². The minimum atomic E-state index is -0.938. The Hall–Kier alpha value is -1.51. The Morgan fingerprint density at radius 2 is 2.18 bits per heavy atom. The van der Waals surface area contributed by atoms with Gasteiger partial charge < -0.3 is 9.84 Å². The first-order valence-electron chi connectivity index (χ1n) is 6.02. The third kappa shape index (κ3) is 3.77. The number of aromatic carboxylic acids is 1. The summed E-state index contributed by atoms with van der Waals surface area (Å²) in [5.74, 6) is 0.0102. The van der Waals surface area contributed by atoms with Crippen LogP contribution in [0.2, 0.25) is 0 Å². The maximum Gasteiger partial charge on any atom is 0.339 e. The van der Waals surface area contributed by atoms with Crippen LogP contribution in [0, 0.1) is 12.8 Å². The van der Waals surface area contributed by atoms with Crippen LogP contribution in [0.4, 0.5) is 0 Å². The van der Waals surface area contributed by atoms with Gasteiger partial charge in [0.2, 0.25) is 0 Å². The molecule has 0 amide bonds. The monoisotopic (exact) mass is 236 g/mol. The molecule has 0 aliphatic rings. The highest BCUT2D eigenvalue weighted by Crippen LogP contribution is 2.24. The first-order valence-corrected chi connectivity index (χ1v) is 6.02. The average molecular weight is 236 g/mol. The second-order valence-electron chi connectivity index (χ2n) is 4.46. The fourth-order valence-electron chi connectivity index (χ4n) is 1.81. The van der Waals surface area contributed by atoms with Crippen molar-refractivity contribution in [1.82, 2.24) is 0 Å². The van der Waals surface area contributed by atoms with Crippen LogP contribution in [0.3, 0.4) is 0 Å². The van der Waals surface area contributed by atoms with Crippen LogP contribution in [-0.2, 0) is 0 Å². The molecule has 3 heteroatoms. The van der Waals surface area contributed by atoms with Gasteiger partial charge in [0.25, 0.3) is 0 Å². The Morgan fingerprint density at radius 3 is 2.76 bits per heavy atom. The number of carbonyl (C=O) groups is 1. The highest BCUT2D eigenvalue weighted by atomic mass is 16.5. The van der Waals surface area contributed by atoms with Crippen LogP contribution >= 0.6 is 0 Å². The molecule has 0 saturated heterocycles. The highest BCUT2D eigenvalue weighted by Gasteiger charge is 2.14. The van der Waals surface area contributed by atoms with Crippen LogP contribution in [0.5, 0.6) is 5.75 Å². The second kappa shape index (κ2) is 6.28. The lowest BCUT2D eigenvalue weighted by atomic mass is 10.1. The van der Waals surface area contributed by atoms with Gasteiger partial charge in [-0.2, -0.15) is 0 Å². The Bertz CT molecular complexity index is 385. The summed E-state index contributed by atoms with van der Waals surface area (Å²) in [6.45, 7) is 6.68. The standard InChI is InChI=1S/C14H20O3/c1-4-6-10(2)9-17-13-11(3)7-5-8-12(13)14(15)16/h5,7-8,10H,4,6,9H2,1-3H3,(H,15,16). The van der Waals surface area contributed by atoms with Gasteiger partial charge in [-0.05, 0) is 30.9 Å². The van der Waals surface area contributed by atoms with Crippen molar-refractivity contribution in [2.75, 3.05) is 6.61 Å². The second-order valence-corrected chi connectivity index (χ2v) is 4.46. The first kappa shape index (κ1) is 13.6. The van der Waals surface area contributed by atoms with Crippen LogP contribution < -0.4 is 4.74 Å². The molecule has 17 heavy (non-hydrogen) atoms. The molecule has 0 radical (unpaired) electrons. The molecule has 0 bridgehead atoms. The fraction of sp³-hybridized carbons (Fsp3) is 0.500. The Kier molecular flexibility index (Phi) is 5.01. The fourth-order valence-corrected chi connectivity index (χ4v) is 1.81. The molecule has 0 fully saturated rings. The minimum absolute atomic E-state index is 0.244. The molecular weight excluding hydrogens is 216 g/mol. The van der Waals surface area contributed by atoms with Gasteiger partial charge in [0.1, 0.15) is 11.3 Å². The zero-order valence-electron chi connectivity index (χ0n) is 10.7. The van der Waals surface area contributed by atoms with Gasteiger partial charge >= 0.3 is 5.97 Å². The van der Waals surface area contributed by atoms with Crippen molar-refractivity contribution < 1.29 is 14.6 Å².